The van der Waals surface area contributed by atoms with E-state index in [-0.39, 0.29) is 5.41 Å². The van der Waals surface area contributed by atoms with Crippen molar-refractivity contribution in [3.8, 4) is 0 Å². The van der Waals surface area contributed by atoms with Crippen LogP contribution in [0.25, 0.3) is 0 Å². The van der Waals surface area contributed by atoms with Crippen molar-refractivity contribution < 1.29 is 9.84 Å². The highest BCUT2D eigenvalue weighted by Crippen LogP contribution is 2.14. The van der Waals surface area contributed by atoms with Crippen molar-refractivity contribution in [3.05, 3.63) is 0 Å². The molecule has 1 N–H and O–H groups in total. The van der Waals surface area contributed by atoms with E-state index in [0.717, 1.165) is 0 Å². The molecular weight excluding hydrogens is 140 g/mol. The van der Waals surface area contributed by atoms with Crippen molar-refractivity contribution in [2.24, 2.45) is 5.41 Å². The average molecular weight is 160 g/mol. The summed E-state index contributed by atoms with van der Waals surface area (Å²) in [7, 11) is 0. The van der Waals surface area contributed by atoms with E-state index in [4.69, 9.17) is 4.74 Å². The molecule has 0 aromatic carbocycles. The Labute approximate surface area is 69.6 Å². The average Bonchev–Trinajstić information content (AvgIpc) is 1.55. The molecule has 0 radical (unpaired) electrons. The minimum Gasteiger partial charge on any atom is -0.388 e. The predicted octanol–water partition coefficient (Wildman–Crippen LogP) is 1.82. The first kappa shape index (κ1) is 10.9. The summed E-state index contributed by atoms with van der Waals surface area (Å²) < 4.78 is 5.31. The fourth-order valence-electron chi connectivity index (χ4n) is 0.607. The third-order valence-corrected chi connectivity index (χ3v) is 0.990. The van der Waals surface area contributed by atoms with Crippen LogP contribution in [0.5, 0.6) is 0 Å². The van der Waals surface area contributed by atoms with Crippen LogP contribution in [0.15, 0.2) is 0 Å². The van der Waals surface area contributed by atoms with E-state index in [9.17, 15) is 5.11 Å². The Bertz CT molecular complexity index is 91.7. The van der Waals surface area contributed by atoms with Gasteiger partial charge in [-0.15, -0.1) is 0 Å². The van der Waals surface area contributed by atoms with Crippen LogP contribution in [0.1, 0.15) is 34.6 Å². The molecule has 0 unspecified atom stereocenters. The Balaban J connectivity index is 3.44. The zero-order valence-corrected chi connectivity index (χ0v) is 8.27. The van der Waals surface area contributed by atoms with Crippen LogP contribution >= 0.6 is 0 Å². The van der Waals surface area contributed by atoms with Gasteiger partial charge in [0.15, 0.2) is 0 Å². The molecule has 0 aliphatic carbocycles. The molecule has 0 spiro atoms. The van der Waals surface area contributed by atoms with Gasteiger partial charge in [-0.2, -0.15) is 0 Å². The maximum Gasteiger partial charge on any atom is 0.0824 e. The van der Waals surface area contributed by atoms with E-state index < -0.39 is 5.60 Å². The summed E-state index contributed by atoms with van der Waals surface area (Å²) in [6.07, 6.45) is 0. The van der Waals surface area contributed by atoms with Crippen LogP contribution < -0.4 is 0 Å². The second kappa shape index (κ2) is 3.55. The Morgan fingerprint density at radius 2 is 1.45 bits per heavy atom. The van der Waals surface area contributed by atoms with Crippen LogP contribution in [-0.4, -0.2) is 23.9 Å². The Morgan fingerprint density at radius 1 is 1.00 bits per heavy atom. The van der Waals surface area contributed by atoms with Crippen LogP contribution in [0.2, 0.25) is 0 Å². The van der Waals surface area contributed by atoms with Gasteiger partial charge in [-0.3, -0.25) is 0 Å². The van der Waals surface area contributed by atoms with Crippen LogP contribution in [0, 0.1) is 5.41 Å². The quantitative estimate of drug-likeness (QED) is 0.682. The first-order valence-electron chi connectivity index (χ1n) is 4.01. The Kier molecular flexibility index (Phi) is 3.52. The Hall–Kier alpha value is -0.0800. The fraction of sp³-hybridized carbons (Fsp3) is 1.00. The van der Waals surface area contributed by atoms with E-state index in [1.54, 1.807) is 13.8 Å². The summed E-state index contributed by atoms with van der Waals surface area (Å²) in [5.41, 5.74) is -0.517. The van der Waals surface area contributed by atoms with E-state index in [2.05, 4.69) is 20.8 Å². The predicted molar refractivity (Wildman–Crippen MR) is 46.6 cm³/mol. The molecule has 0 rings (SSSR count). The van der Waals surface area contributed by atoms with Crippen LogP contribution in [-0.2, 0) is 4.74 Å². The summed E-state index contributed by atoms with van der Waals surface area (Å²) in [6, 6.07) is 0. The van der Waals surface area contributed by atoms with Gasteiger partial charge in [0.1, 0.15) is 0 Å². The lowest BCUT2D eigenvalue weighted by Gasteiger charge is -2.22. The molecule has 0 aliphatic heterocycles. The lowest BCUT2D eigenvalue weighted by atomic mass is 9.98. The molecule has 0 saturated heterocycles. The molecule has 0 bridgehead atoms. The van der Waals surface area contributed by atoms with Crippen molar-refractivity contribution in [3.63, 3.8) is 0 Å². The zero-order chi connectivity index (χ0) is 9.12. The molecule has 0 amide bonds. The molecule has 68 valence electrons. The molecule has 0 aromatic rings. The molecule has 0 atom stereocenters. The van der Waals surface area contributed by atoms with E-state index >= 15 is 0 Å². The fourth-order valence-corrected chi connectivity index (χ4v) is 0.607. The number of hydrogen-bond donors (Lipinski definition) is 1. The highest BCUT2D eigenvalue weighted by molar-refractivity contribution is 4.65. The molecule has 11 heavy (non-hydrogen) atoms. The van der Waals surface area contributed by atoms with E-state index in [0.29, 0.717) is 13.2 Å². The van der Waals surface area contributed by atoms with Crippen molar-refractivity contribution in [2.45, 2.75) is 40.2 Å². The van der Waals surface area contributed by atoms with Gasteiger partial charge < -0.3 is 9.84 Å². The number of aliphatic hydroxyl groups is 1. The summed E-state index contributed by atoms with van der Waals surface area (Å²) in [5.74, 6) is 0. The van der Waals surface area contributed by atoms with Gasteiger partial charge in [-0.25, -0.2) is 0 Å². The monoisotopic (exact) mass is 160 g/mol. The number of hydrogen-bond acceptors (Lipinski definition) is 2. The minimum absolute atomic E-state index is 0.186. The largest absolute Gasteiger partial charge is 0.388 e. The molecular formula is C9H20O2. The van der Waals surface area contributed by atoms with Crippen LogP contribution in [0.4, 0.5) is 0 Å². The van der Waals surface area contributed by atoms with Crippen molar-refractivity contribution >= 4 is 0 Å². The third-order valence-electron chi connectivity index (χ3n) is 0.990. The second-order valence-corrected chi connectivity index (χ2v) is 4.87. The van der Waals surface area contributed by atoms with Crippen molar-refractivity contribution in [1.82, 2.24) is 0 Å². The summed E-state index contributed by atoms with van der Waals surface area (Å²) >= 11 is 0. The lowest BCUT2D eigenvalue weighted by Crippen LogP contribution is -2.28. The topological polar surface area (TPSA) is 29.5 Å². The number of ether oxygens (including phenoxy) is 1. The van der Waals surface area contributed by atoms with Gasteiger partial charge in [-0.1, -0.05) is 20.8 Å². The maximum absolute atomic E-state index is 9.29. The Morgan fingerprint density at radius 3 is 1.73 bits per heavy atom. The van der Waals surface area contributed by atoms with Gasteiger partial charge >= 0.3 is 0 Å². The lowest BCUT2D eigenvalue weighted by molar-refractivity contribution is -0.0394. The van der Waals surface area contributed by atoms with Gasteiger partial charge in [0, 0.05) is 0 Å². The number of rotatable bonds is 3. The normalized spacial score (nSPS) is 13.6. The zero-order valence-electron chi connectivity index (χ0n) is 8.27. The summed E-state index contributed by atoms with van der Waals surface area (Å²) in [4.78, 5) is 0. The van der Waals surface area contributed by atoms with Gasteiger partial charge in [0.25, 0.3) is 0 Å². The highest BCUT2D eigenvalue weighted by Gasteiger charge is 2.15. The first-order valence-corrected chi connectivity index (χ1v) is 4.01. The molecule has 0 fully saturated rings. The van der Waals surface area contributed by atoms with Gasteiger partial charge in [-0.05, 0) is 19.3 Å². The third kappa shape index (κ3) is 9.92. The second-order valence-electron chi connectivity index (χ2n) is 4.87. The van der Waals surface area contributed by atoms with Gasteiger partial charge in [0.2, 0.25) is 0 Å². The maximum atomic E-state index is 9.29. The van der Waals surface area contributed by atoms with Gasteiger partial charge in [0.05, 0.1) is 18.8 Å². The smallest absolute Gasteiger partial charge is 0.0824 e. The molecule has 2 nitrogen and oxygen atoms in total. The van der Waals surface area contributed by atoms with Crippen LogP contribution in [0.3, 0.4) is 0 Å². The molecule has 0 heterocycles. The molecule has 0 aliphatic rings. The molecule has 2 heteroatoms. The molecule has 0 saturated carbocycles. The summed E-state index contributed by atoms with van der Waals surface area (Å²) in [5, 5.41) is 9.29. The molecule has 0 aromatic heterocycles. The highest BCUT2D eigenvalue weighted by atomic mass is 16.5. The minimum atomic E-state index is -0.703. The van der Waals surface area contributed by atoms with E-state index in [1.807, 2.05) is 0 Å². The van der Waals surface area contributed by atoms with Crippen molar-refractivity contribution in [2.75, 3.05) is 13.2 Å². The van der Waals surface area contributed by atoms with Crippen molar-refractivity contribution in [1.29, 1.82) is 0 Å². The summed E-state index contributed by atoms with van der Waals surface area (Å²) in [6.45, 7) is 10.9. The first-order chi connectivity index (χ1) is 4.71. The SMILES string of the molecule is CC(C)(C)COCC(C)(C)O. The van der Waals surface area contributed by atoms with E-state index in [1.165, 1.54) is 0 Å². The standard InChI is InChI=1S/C9H20O2/c1-8(2,3)6-11-7-9(4,5)10/h10H,6-7H2,1-5H3.